The van der Waals surface area contributed by atoms with Gasteiger partial charge in [-0.3, -0.25) is 4.79 Å². The second-order valence-corrected chi connectivity index (χ2v) is 5.64. The lowest BCUT2D eigenvalue weighted by atomic mass is 9.88. The van der Waals surface area contributed by atoms with Gasteiger partial charge in [-0.05, 0) is 32.6 Å². The lowest BCUT2D eigenvalue weighted by Crippen LogP contribution is -2.48. The summed E-state index contributed by atoms with van der Waals surface area (Å²) in [4.78, 5) is 24.7. The topological polar surface area (TPSA) is 46.6 Å². The summed E-state index contributed by atoms with van der Waals surface area (Å²) in [7, 11) is 0. The third-order valence-corrected chi connectivity index (χ3v) is 2.85. The van der Waals surface area contributed by atoms with Crippen LogP contribution in [0.1, 0.15) is 41.0 Å². The molecule has 2 atom stereocenters. The highest BCUT2D eigenvalue weighted by Gasteiger charge is 2.34. The molecule has 2 unspecified atom stereocenters. The average Bonchev–Trinajstić information content (AvgIpc) is 2.08. The smallest absolute Gasteiger partial charge is 0.417 e. The number of hydrogen-bond donors (Lipinski definition) is 0. The maximum Gasteiger partial charge on any atom is 0.417 e. The van der Waals surface area contributed by atoms with Gasteiger partial charge in [-0.15, -0.1) is 0 Å². The van der Waals surface area contributed by atoms with Gasteiger partial charge in [-0.2, -0.15) is 0 Å². The van der Waals surface area contributed by atoms with Crippen LogP contribution in [0.15, 0.2) is 0 Å². The Morgan fingerprint density at radius 3 is 2.38 bits per heavy atom. The number of carbonyl (C=O) groups excluding carboxylic acids is 2. The van der Waals surface area contributed by atoms with Gasteiger partial charge in [0.1, 0.15) is 5.60 Å². The predicted molar refractivity (Wildman–Crippen MR) is 60.9 cm³/mol. The Kier molecular flexibility index (Phi) is 3.61. The summed E-state index contributed by atoms with van der Waals surface area (Å²) in [6, 6.07) is 0. The minimum atomic E-state index is -0.552. The molecule has 0 aromatic rings. The molecule has 4 heteroatoms. The number of rotatable bonds is 0. The number of likely N-dealkylation sites (tertiary alicyclic amines) is 1. The van der Waals surface area contributed by atoms with E-state index in [1.165, 1.54) is 4.90 Å². The van der Waals surface area contributed by atoms with Gasteiger partial charge in [0, 0.05) is 13.0 Å². The number of nitrogens with zero attached hydrogens (tertiary/aromatic N) is 1. The van der Waals surface area contributed by atoms with Crippen LogP contribution >= 0.6 is 0 Å². The second-order valence-electron chi connectivity index (χ2n) is 5.64. The van der Waals surface area contributed by atoms with Crippen LogP contribution in [0.5, 0.6) is 0 Å². The summed E-state index contributed by atoms with van der Waals surface area (Å²) < 4.78 is 5.20. The van der Waals surface area contributed by atoms with E-state index in [1.54, 1.807) is 20.8 Å². The first kappa shape index (κ1) is 13.0. The number of imide groups is 1. The third-order valence-electron chi connectivity index (χ3n) is 2.85. The van der Waals surface area contributed by atoms with Gasteiger partial charge in [0.25, 0.3) is 0 Å². The Labute approximate surface area is 96.9 Å². The van der Waals surface area contributed by atoms with Gasteiger partial charge in [0.05, 0.1) is 0 Å². The molecule has 0 aromatic carbocycles. The minimum Gasteiger partial charge on any atom is -0.443 e. The van der Waals surface area contributed by atoms with Crippen LogP contribution in [0.3, 0.4) is 0 Å². The third kappa shape index (κ3) is 3.22. The zero-order valence-corrected chi connectivity index (χ0v) is 10.7. The fourth-order valence-corrected chi connectivity index (χ4v) is 1.65. The molecule has 0 spiro atoms. The van der Waals surface area contributed by atoms with E-state index >= 15 is 0 Å². The average molecular weight is 227 g/mol. The van der Waals surface area contributed by atoms with Gasteiger partial charge < -0.3 is 4.74 Å². The fraction of sp³-hybridized carbons (Fsp3) is 0.833. The molecule has 0 radical (unpaired) electrons. The molecule has 0 bridgehead atoms. The maximum atomic E-state index is 11.8. The molecule has 1 aliphatic rings. The summed E-state index contributed by atoms with van der Waals surface area (Å²) in [5.41, 5.74) is -0.552. The molecular weight excluding hydrogens is 206 g/mol. The molecule has 0 aromatic heterocycles. The molecule has 0 aliphatic carbocycles. The van der Waals surface area contributed by atoms with E-state index in [0.717, 1.165) is 0 Å². The molecule has 16 heavy (non-hydrogen) atoms. The van der Waals surface area contributed by atoms with Crippen LogP contribution in [0, 0.1) is 11.8 Å². The van der Waals surface area contributed by atoms with E-state index in [2.05, 4.69) is 6.92 Å². The standard InChI is InChI=1S/C12H21NO3/c1-8-6-10(14)13(7-9(8)2)11(15)16-12(3,4)5/h8-9H,6-7H2,1-5H3. The Hall–Kier alpha value is -1.06. The van der Waals surface area contributed by atoms with Gasteiger partial charge in [-0.25, -0.2) is 9.69 Å². The summed E-state index contributed by atoms with van der Waals surface area (Å²) in [6.07, 6.45) is -0.0864. The first-order chi connectivity index (χ1) is 7.20. The van der Waals surface area contributed by atoms with Crippen molar-refractivity contribution in [2.75, 3.05) is 6.54 Å². The van der Waals surface area contributed by atoms with E-state index in [1.807, 2.05) is 6.92 Å². The minimum absolute atomic E-state index is 0.125. The zero-order valence-electron chi connectivity index (χ0n) is 10.7. The molecule has 1 heterocycles. The fourth-order valence-electron chi connectivity index (χ4n) is 1.65. The van der Waals surface area contributed by atoms with E-state index in [9.17, 15) is 9.59 Å². The number of piperidine rings is 1. The van der Waals surface area contributed by atoms with Crippen LogP contribution in [0.4, 0.5) is 4.79 Å². The largest absolute Gasteiger partial charge is 0.443 e. The lowest BCUT2D eigenvalue weighted by molar-refractivity contribution is -0.135. The Morgan fingerprint density at radius 2 is 1.88 bits per heavy atom. The normalized spacial score (nSPS) is 26.8. The summed E-state index contributed by atoms with van der Waals surface area (Å²) in [5, 5.41) is 0. The molecule has 1 aliphatic heterocycles. The van der Waals surface area contributed by atoms with Gasteiger partial charge >= 0.3 is 6.09 Å². The molecule has 2 amide bonds. The number of carbonyl (C=O) groups is 2. The van der Waals surface area contributed by atoms with E-state index < -0.39 is 11.7 Å². The van der Waals surface area contributed by atoms with Crippen LogP contribution in [-0.4, -0.2) is 29.0 Å². The van der Waals surface area contributed by atoms with E-state index in [-0.39, 0.29) is 5.91 Å². The van der Waals surface area contributed by atoms with Crippen LogP contribution in [-0.2, 0) is 9.53 Å². The van der Waals surface area contributed by atoms with Crippen molar-refractivity contribution in [1.29, 1.82) is 0 Å². The highest BCUT2D eigenvalue weighted by molar-refractivity contribution is 5.92. The molecular formula is C12H21NO3. The molecule has 1 fully saturated rings. The van der Waals surface area contributed by atoms with Crippen molar-refractivity contribution in [3.05, 3.63) is 0 Å². The Morgan fingerprint density at radius 1 is 1.31 bits per heavy atom. The van der Waals surface area contributed by atoms with Crippen molar-refractivity contribution in [2.45, 2.75) is 46.6 Å². The van der Waals surface area contributed by atoms with Crippen molar-refractivity contribution >= 4 is 12.0 Å². The van der Waals surface area contributed by atoms with Crippen LogP contribution in [0.2, 0.25) is 0 Å². The summed E-state index contributed by atoms with van der Waals surface area (Å²) in [6.45, 7) is 9.94. The van der Waals surface area contributed by atoms with Gasteiger partial charge in [0.15, 0.2) is 0 Å². The van der Waals surface area contributed by atoms with E-state index in [0.29, 0.717) is 24.8 Å². The van der Waals surface area contributed by atoms with Crippen LogP contribution < -0.4 is 0 Å². The first-order valence-corrected chi connectivity index (χ1v) is 5.74. The lowest BCUT2D eigenvalue weighted by Gasteiger charge is -2.34. The quantitative estimate of drug-likeness (QED) is 0.638. The first-order valence-electron chi connectivity index (χ1n) is 5.74. The predicted octanol–water partition coefficient (Wildman–Crippen LogP) is 2.43. The Bertz CT molecular complexity index is 293. The van der Waals surface area contributed by atoms with Crippen molar-refractivity contribution in [3.63, 3.8) is 0 Å². The highest BCUT2D eigenvalue weighted by atomic mass is 16.6. The maximum absolute atomic E-state index is 11.8. The highest BCUT2D eigenvalue weighted by Crippen LogP contribution is 2.24. The SMILES string of the molecule is CC1CC(=O)N(C(=O)OC(C)(C)C)CC1C. The molecule has 1 rings (SSSR count). The zero-order chi connectivity index (χ0) is 12.5. The number of hydrogen-bond acceptors (Lipinski definition) is 3. The monoisotopic (exact) mass is 227 g/mol. The molecule has 92 valence electrons. The molecule has 1 saturated heterocycles. The summed E-state index contributed by atoms with van der Waals surface area (Å²) >= 11 is 0. The number of amides is 2. The van der Waals surface area contributed by atoms with E-state index in [4.69, 9.17) is 4.74 Å². The Balaban J connectivity index is 2.66. The molecule has 0 saturated carbocycles. The number of ether oxygens (including phenoxy) is 1. The van der Waals surface area contributed by atoms with Crippen LogP contribution in [0.25, 0.3) is 0 Å². The van der Waals surface area contributed by atoms with Gasteiger partial charge in [-0.1, -0.05) is 13.8 Å². The molecule has 0 N–H and O–H groups in total. The van der Waals surface area contributed by atoms with Crippen molar-refractivity contribution in [2.24, 2.45) is 11.8 Å². The van der Waals surface area contributed by atoms with Crippen molar-refractivity contribution < 1.29 is 14.3 Å². The molecule has 4 nitrogen and oxygen atoms in total. The van der Waals surface area contributed by atoms with Gasteiger partial charge in [0.2, 0.25) is 5.91 Å². The second kappa shape index (κ2) is 4.44. The van der Waals surface area contributed by atoms with Crippen molar-refractivity contribution in [1.82, 2.24) is 4.90 Å². The summed E-state index contributed by atoms with van der Waals surface area (Å²) in [5.74, 6) is 0.552. The van der Waals surface area contributed by atoms with Crippen molar-refractivity contribution in [3.8, 4) is 0 Å².